The number of aliphatic hydroxyl groups excluding tert-OH is 2. The van der Waals surface area contributed by atoms with Crippen LogP contribution in [-0.4, -0.2) is 82.1 Å². The Morgan fingerprint density at radius 3 is 2.61 bits per heavy atom. The van der Waals surface area contributed by atoms with Gasteiger partial charge in [-0.15, -0.1) is 5.10 Å². The van der Waals surface area contributed by atoms with Crippen molar-refractivity contribution in [3.8, 4) is 0 Å². The number of amides is 1. The van der Waals surface area contributed by atoms with Crippen molar-refractivity contribution < 1.29 is 23.4 Å². The highest BCUT2D eigenvalue weighted by Gasteiger charge is 2.33. The number of hydrogen-bond acceptors (Lipinski definition) is 8. The lowest BCUT2D eigenvalue weighted by Crippen LogP contribution is -2.39. The molecule has 0 aliphatic carbocycles. The number of benzene rings is 1. The van der Waals surface area contributed by atoms with Gasteiger partial charge in [-0.1, -0.05) is 11.6 Å². The standard InChI is InChI=1S/C23H27ClN6O5S/c1-36(34,35)27-16-6-5-14(24)10-15(16)23(33)29-9-3-2-4-18(29)17-11-30-21(25-17)7-8-22(26-30)28-12-19(31)20(32)13-28/h5-8,10-11,18-20,27,31-32H,2-4,9,12-13H2,1H3/t18-,19-,20+/m0/s1. The van der Waals surface area contributed by atoms with E-state index in [1.54, 1.807) is 26.6 Å². The third kappa shape index (κ3) is 4.99. The average molecular weight is 535 g/mol. The molecule has 3 aromatic rings. The Morgan fingerprint density at radius 2 is 1.89 bits per heavy atom. The van der Waals surface area contributed by atoms with E-state index in [-0.39, 0.29) is 36.3 Å². The Bertz CT molecular complexity index is 1400. The molecule has 13 heteroatoms. The van der Waals surface area contributed by atoms with Crippen molar-refractivity contribution in [2.75, 3.05) is 35.5 Å². The van der Waals surface area contributed by atoms with Gasteiger partial charge < -0.3 is 20.0 Å². The Balaban J connectivity index is 1.46. The summed E-state index contributed by atoms with van der Waals surface area (Å²) in [5.41, 5.74) is 1.63. The van der Waals surface area contributed by atoms with E-state index in [0.717, 1.165) is 19.1 Å². The summed E-state index contributed by atoms with van der Waals surface area (Å²) in [5, 5.41) is 24.7. The van der Waals surface area contributed by atoms with Crippen molar-refractivity contribution in [1.29, 1.82) is 0 Å². The fraction of sp³-hybridized carbons (Fsp3) is 0.435. The van der Waals surface area contributed by atoms with Gasteiger partial charge in [0.25, 0.3) is 5.91 Å². The molecule has 2 saturated heterocycles. The molecule has 0 spiro atoms. The minimum absolute atomic E-state index is 0.174. The number of rotatable bonds is 5. The molecule has 0 saturated carbocycles. The molecule has 2 aliphatic rings. The summed E-state index contributed by atoms with van der Waals surface area (Å²) in [6, 6.07) is 7.76. The SMILES string of the molecule is CS(=O)(=O)Nc1ccc(Cl)cc1C(=O)N1CCCC[C@H]1c1cn2nc(N3C[C@@H](O)[C@@H](O)C3)ccc2n1. The number of nitrogens with one attached hydrogen (secondary N) is 1. The number of carbonyl (C=O) groups excluding carboxylic acids is 1. The predicted octanol–water partition coefficient (Wildman–Crippen LogP) is 1.66. The van der Waals surface area contributed by atoms with Crippen LogP contribution in [0.1, 0.15) is 41.4 Å². The lowest BCUT2D eigenvalue weighted by atomic mass is 9.98. The molecule has 1 amide bonds. The van der Waals surface area contributed by atoms with E-state index in [0.29, 0.717) is 35.1 Å². The third-order valence-corrected chi connectivity index (χ3v) is 7.35. The third-order valence-electron chi connectivity index (χ3n) is 6.52. The highest BCUT2D eigenvalue weighted by molar-refractivity contribution is 7.92. The van der Waals surface area contributed by atoms with Crippen LogP contribution < -0.4 is 9.62 Å². The number of nitrogens with zero attached hydrogens (tertiary/aromatic N) is 5. The topological polar surface area (TPSA) is 140 Å². The maximum Gasteiger partial charge on any atom is 0.256 e. The second-order valence-electron chi connectivity index (χ2n) is 9.27. The molecule has 36 heavy (non-hydrogen) atoms. The summed E-state index contributed by atoms with van der Waals surface area (Å²) in [6.07, 6.45) is 3.59. The molecular weight excluding hydrogens is 508 g/mol. The maximum absolute atomic E-state index is 13.7. The first kappa shape index (κ1) is 24.8. The maximum atomic E-state index is 13.7. The Hall–Kier alpha value is -2.93. The first-order valence-corrected chi connectivity index (χ1v) is 13.9. The first-order valence-electron chi connectivity index (χ1n) is 11.6. The van der Waals surface area contributed by atoms with Crippen LogP contribution in [0.4, 0.5) is 11.5 Å². The quantitative estimate of drug-likeness (QED) is 0.449. The molecule has 3 N–H and O–H groups in total. The van der Waals surface area contributed by atoms with E-state index in [1.807, 2.05) is 6.07 Å². The molecule has 3 atom stereocenters. The van der Waals surface area contributed by atoms with Gasteiger partial charge in [-0.3, -0.25) is 9.52 Å². The molecule has 2 fully saturated rings. The molecule has 0 radical (unpaired) electrons. The van der Waals surface area contributed by atoms with Gasteiger partial charge in [0.2, 0.25) is 10.0 Å². The monoisotopic (exact) mass is 534 g/mol. The van der Waals surface area contributed by atoms with Gasteiger partial charge in [0, 0.05) is 24.7 Å². The summed E-state index contributed by atoms with van der Waals surface area (Å²) < 4.78 is 27.8. The molecule has 192 valence electrons. The summed E-state index contributed by atoms with van der Waals surface area (Å²) in [5.74, 6) is 0.271. The lowest BCUT2D eigenvalue weighted by Gasteiger charge is -2.35. The van der Waals surface area contributed by atoms with E-state index in [4.69, 9.17) is 16.6 Å². The van der Waals surface area contributed by atoms with Crippen LogP contribution in [0.15, 0.2) is 36.5 Å². The van der Waals surface area contributed by atoms with E-state index in [2.05, 4.69) is 9.82 Å². The van der Waals surface area contributed by atoms with Crippen molar-refractivity contribution in [2.45, 2.75) is 37.5 Å². The number of halogens is 1. The molecule has 11 nitrogen and oxygen atoms in total. The van der Waals surface area contributed by atoms with Crippen molar-refractivity contribution in [1.82, 2.24) is 19.5 Å². The molecule has 4 heterocycles. The highest BCUT2D eigenvalue weighted by atomic mass is 35.5. The minimum Gasteiger partial charge on any atom is -0.389 e. The van der Waals surface area contributed by atoms with E-state index in [9.17, 15) is 23.4 Å². The minimum atomic E-state index is -3.60. The number of aromatic nitrogens is 3. The number of piperidine rings is 1. The number of carbonyl (C=O) groups is 1. The highest BCUT2D eigenvalue weighted by Crippen LogP contribution is 2.34. The van der Waals surface area contributed by atoms with E-state index in [1.165, 1.54) is 18.2 Å². The number of sulfonamides is 1. The van der Waals surface area contributed by atoms with Gasteiger partial charge in [0.15, 0.2) is 5.65 Å². The fourth-order valence-corrected chi connectivity index (χ4v) is 5.54. The summed E-state index contributed by atoms with van der Waals surface area (Å²) in [7, 11) is -3.60. The van der Waals surface area contributed by atoms with Crippen LogP contribution in [0.25, 0.3) is 5.65 Å². The molecule has 5 rings (SSSR count). The number of β-amino-alcohol motifs (C(OH)–C–C–N with tert-alkyl or cyclic N) is 2. The molecule has 1 aromatic carbocycles. The van der Waals surface area contributed by atoms with Crippen LogP contribution in [0.2, 0.25) is 5.02 Å². The predicted molar refractivity (Wildman–Crippen MR) is 135 cm³/mol. The van der Waals surface area contributed by atoms with Crippen LogP contribution in [0.5, 0.6) is 0 Å². The number of anilines is 2. The molecule has 2 aromatic heterocycles. The molecule has 2 aliphatic heterocycles. The zero-order valence-electron chi connectivity index (χ0n) is 19.6. The van der Waals surface area contributed by atoms with Crippen molar-refractivity contribution in [3.63, 3.8) is 0 Å². The average Bonchev–Trinajstić information content (AvgIpc) is 3.41. The van der Waals surface area contributed by atoms with E-state index < -0.39 is 22.2 Å². The molecule has 0 bridgehead atoms. The number of hydrogen-bond donors (Lipinski definition) is 3. The summed E-state index contributed by atoms with van der Waals surface area (Å²) >= 11 is 6.16. The lowest BCUT2D eigenvalue weighted by molar-refractivity contribution is 0.0572. The van der Waals surface area contributed by atoms with Gasteiger partial charge in [-0.25, -0.2) is 17.9 Å². The first-order chi connectivity index (χ1) is 17.1. The Labute approximate surface area is 213 Å². The number of imidazole rings is 1. The van der Waals surface area contributed by atoms with Crippen molar-refractivity contribution in [2.24, 2.45) is 0 Å². The Morgan fingerprint density at radius 1 is 1.14 bits per heavy atom. The second kappa shape index (κ2) is 9.51. The van der Waals surface area contributed by atoms with Crippen LogP contribution in [0, 0.1) is 0 Å². The van der Waals surface area contributed by atoms with Gasteiger partial charge in [-0.2, -0.15) is 0 Å². The van der Waals surface area contributed by atoms with Gasteiger partial charge in [-0.05, 0) is 49.6 Å². The molecular formula is C23H27ClN6O5S. The normalized spacial score (nSPS) is 22.8. The Kier molecular flexibility index (Phi) is 6.54. The van der Waals surface area contributed by atoms with Crippen LogP contribution in [-0.2, 0) is 10.0 Å². The second-order valence-corrected chi connectivity index (χ2v) is 11.5. The molecule has 0 unspecified atom stereocenters. The van der Waals surface area contributed by atoms with Gasteiger partial charge >= 0.3 is 0 Å². The zero-order valence-corrected chi connectivity index (χ0v) is 21.2. The van der Waals surface area contributed by atoms with Gasteiger partial charge in [0.1, 0.15) is 5.82 Å². The number of fused-ring (bicyclic) bond motifs is 1. The van der Waals surface area contributed by atoms with E-state index >= 15 is 0 Å². The largest absolute Gasteiger partial charge is 0.389 e. The fourth-order valence-electron chi connectivity index (χ4n) is 4.80. The smallest absolute Gasteiger partial charge is 0.256 e. The summed E-state index contributed by atoms with van der Waals surface area (Å²) in [6.45, 7) is 1.07. The van der Waals surface area contributed by atoms with Gasteiger partial charge in [0.05, 0.1) is 47.6 Å². The van der Waals surface area contributed by atoms with Crippen molar-refractivity contribution in [3.05, 3.63) is 52.8 Å². The summed E-state index contributed by atoms with van der Waals surface area (Å²) in [4.78, 5) is 21.9. The number of aliphatic hydroxyl groups is 2. The number of likely N-dealkylation sites (tertiary alicyclic amines) is 1. The van der Waals surface area contributed by atoms with Crippen molar-refractivity contribution >= 4 is 44.7 Å². The van der Waals surface area contributed by atoms with Crippen LogP contribution in [0.3, 0.4) is 0 Å². The van der Waals surface area contributed by atoms with Crippen LogP contribution >= 0.6 is 11.6 Å². The zero-order chi connectivity index (χ0) is 25.6.